The molecule has 0 aliphatic rings. The van der Waals surface area contributed by atoms with Crippen molar-refractivity contribution in [3.63, 3.8) is 0 Å². The summed E-state index contributed by atoms with van der Waals surface area (Å²) < 4.78 is 1.18. The molecule has 1 heterocycles. The molecule has 1 aromatic heterocycles. The van der Waals surface area contributed by atoms with Crippen molar-refractivity contribution in [3.05, 3.63) is 83.2 Å². The number of nitrogens with one attached hydrogen (secondary N) is 1. The minimum absolute atomic E-state index is 0.136. The Morgan fingerprint density at radius 2 is 1.81 bits per heavy atom. The van der Waals surface area contributed by atoms with E-state index in [1.807, 2.05) is 0 Å². The van der Waals surface area contributed by atoms with Crippen molar-refractivity contribution in [2.24, 2.45) is 4.99 Å². The zero-order chi connectivity index (χ0) is 19.7. The van der Waals surface area contributed by atoms with Crippen molar-refractivity contribution in [2.75, 3.05) is 0 Å². The molecule has 0 aliphatic carbocycles. The van der Waals surface area contributed by atoms with Crippen LogP contribution >= 0.6 is 34.8 Å². The first-order valence-electron chi connectivity index (χ1n) is 7.53. The van der Waals surface area contributed by atoms with E-state index < -0.39 is 10.5 Å². The third-order valence-electron chi connectivity index (χ3n) is 3.73. The summed E-state index contributed by atoms with van der Waals surface area (Å²) in [6.45, 7) is 1.66. The summed E-state index contributed by atoms with van der Waals surface area (Å²) in [5.74, 6) is 0. The van der Waals surface area contributed by atoms with E-state index in [4.69, 9.17) is 34.8 Å². The fourth-order valence-corrected chi connectivity index (χ4v) is 3.47. The van der Waals surface area contributed by atoms with Gasteiger partial charge in [0.1, 0.15) is 11.4 Å². The number of hydrogen-bond acceptors (Lipinski definition) is 4. The Labute approximate surface area is 168 Å². The Kier molecular flexibility index (Phi) is 5.36. The lowest BCUT2D eigenvalue weighted by atomic mass is 10.2. The first kappa shape index (κ1) is 19.2. The summed E-state index contributed by atoms with van der Waals surface area (Å²) in [6, 6.07) is 8.91. The highest BCUT2D eigenvalue weighted by Crippen LogP contribution is 2.31. The number of hydrogen-bond donors (Lipinski definition) is 1. The smallest absolute Gasteiger partial charge is 0.294 e. The summed E-state index contributed by atoms with van der Waals surface area (Å²) in [5, 5.41) is 14.7. The fraction of sp³-hybridized carbons (Fsp3) is 0.0588. The lowest BCUT2D eigenvalue weighted by Gasteiger charge is -2.07. The maximum atomic E-state index is 12.8. The van der Waals surface area contributed by atoms with E-state index >= 15 is 0 Å². The van der Waals surface area contributed by atoms with Crippen LogP contribution in [0, 0.1) is 17.0 Å². The second-order valence-corrected chi connectivity index (χ2v) is 6.76. The average molecular weight is 426 g/mol. The van der Waals surface area contributed by atoms with Crippen LogP contribution in [-0.4, -0.2) is 20.9 Å². The van der Waals surface area contributed by atoms with E-state index in [0.717, 1.165) is 0 Å². The lowest BCUT2D eigenvalue weighted by Crippen LogP contribution is -2.18. The molecule has 0 saturated carbocycles. The number of aromatic nitrogens is 2. The fourth-order valence-electron chi connectivity index (χ4n) is 2.48. The van der Waals surface area contributed by atoms with Gasteiger partial charge < -0.3 is 0 Å². The van der Waals surface area contributed by atoms with Crippen molar-refractivity contribution in [1.82, 2.24) is 9.78 Å². The first-order chi connectivity index (χ1) is 12.8. The minimum atomic E-state index is -0.539. The molecule has 27 heavy (non-hydrogen) atoms. The Balaban J connectivity index is 2.09. The molecule has 0 bridgehead atoms. The maximum Gasteiger partial charge on any atom is 0.294 e. The van der Waals surface area contributed by atoms with Gasteiger partial charge in [-0.25, -0.2) is 9.67 Å². The van der Waals surface area contributed by atoms with Crippen LogP contribution in [0.3, 0.4) is 0 Å². The molecule has 1 N–H and O–H groups in total. The third kappa shape index (κ3) is 3.75. The van der Waals surface area contributed by atoms with Gasteiger partial charge in [0.2, 0.25) is 0 Å². The van der Waals surface area contributed by atoms with E-state index in [0.29, 0.717) is 10.7 Å². The molecular weight excluding hydrogens is 415 g/mol. The third-order valence-corrected chi connectivity index (χ3v) is 4.53. The standard InChI is InChI=1S/C17H11Cl3N4O3/c1-9-11(8-21-14-4-2-3-5-15(14)24(26)27)17(25)23(22-9)16-12(19)6-10(18)7-13(16)20/h2-8,22H,1H3. The maximum absolute atomic E-state index is 12.8. The normalized spacial score (nSPS) is 11.3. The summed E-state index contributed by atoms with van der Waals surface area (Å²) in [5.41, 5.74) is 0.476. The predicted molar refractivity (Wildman–Crippen MR) is 107 cm³/mol. The number of aromatic amines is 1. The van der Waals surface area contributed by atoms with Crippen LogP contribution in [0.25, 0.3) is 5.69 Å². The SMILES string of the molecule is Cc1[nH]n(-c2c(Cl)cc(Cl)cc2Cl)c(=O)c1C=Nc1ccccc1[N+](=O)[O-]. The minimum Gasteiger partial charge on any atom is -0.295 e. The van der Waals surface area contributed by atoms with Crippen molar-refractivity contribution in [3.8, 4) is 5.69 Å². The Bertz CT molecular complexity index is 1110. The van der Waals surface area contributed by atoms with Crippen molar-refractivity contribution in [2.45, 2.75) is 6.92 Å². The molecule has 7 nitrogen and oxygen atoms in total. The number of nitro groups is 1. The molecule has 0 fully saturated rings. The Morgan fingerprint density at radius 1 is 1.19 bits per heavy atom. The molecule has 0 saturated heterocycles. The van der Waals surface area contributed by atoms with Crippen LogP contribution in [0.1, 0.15) is 11.3 Å². The summed E-state index contributed by atoms with van der Waals surface area (Å²) in [7, 11) is 0. The van der Waals surface area contributed by atoms with Gasteiger partial charge in [-0.1, -0.05) is 46.9 Å². The van der Waals surface area contributed by atoms with Crippen molar-refractivity contribution in [1.29, 1.82) is 0 Å². The van der Waals surface area contributed by atoms with Crippen LogP contribution in [0.5, 0.6) is 0 Å². The molecule has 0 spiro atoms. The van der Waals surface area contributed by atoms with Gasteiger partial charge in [0.05, 0.1) is 20.5 Å². The van der Waals surface area contributed by atoms with Gasteiger partial charge in [0.25, 0.3) is 11.2 Å². The summed E-state index contributed by atoms with van der Waals surface area (Å²) in [6.07, 6.45) is 1.27. The summed E-state index contributed by atoms with van der Waals surface area (Å²) >= 11 is 18.2. The molecule has 3 aromatic rings. The molecule has 0 atom stereocenters. The Morgan fingerprint density at radius 3 is 2.44 bits per heavy atom. The van der Waals surface area contributed by atoms with Gasteiger partial charge in [-0.2, -0.15) is 0 Å². The van der Waals surface area contributed by atoms with E-state index in [9.17, 15) is 14.9 Å². The number of aliphatic imine (C=N–C) groups is 1. The number of aryl methyl sites for hydroxylation is 1. The lowest BCUT2D eigenvalue weighted by molar-refractivity contribution is -0.384. The highest BCUT2D eigenvalue weighted by molar-refractivity contribution is 6.40. The number of rotatable bonds is 4. The van der Waals surface area contributed by atoms with Crippen LogP contribution < -0.4 is 5.56 Å². The van der Waals surface area contributed by atoms with Crippen LogP contribution in [0.4, 0.5) is 11.4 Å². The topological polar surface area (TPSA) is 93.3 Å². The molecule has 2 aromatic carbocycles. The molecule has 0 unspecified atom stereocenters. The summed E-state index contributed by atoms with van der Waals surface area (Å²) in [4.78, 5) is 27.4. The second kappa shape index (κ2) is 7.56. The molecule has 138 valence electrons. The van der Waals surface area contributed by atoms with Crippen LogP contribution in [0.2, 0.25) is 15.1 Å². The van der Waals surface area contributed by atoms with E-state index in [-0.39, 0.29) is 32.7 Å². The average Bonchev–Trinajstić information content (AvgIpc) is 2.86. The quantitative estimate of drug-likeness (QED) is 0.358. The number of benzene rings is 2. The van der Waals surface area contributed by atoms with Gasteiger partial charge in [0, 0.05) is 23.0 Å². The largest absolute Gasteiger partial charge is 0.295 e. The van der Waals surface area contributed by atoms with Gasteiger partial charge in [-0.3, -0.25) is 20.0 Å². The molecule has 0 radical (unpaired) electrons. The predicted octanol–water partition coefficient (Wildman–Crippen LogP) is 5.09. The molecule has 0 amide bonds. The molecule has 10 heteroatoms. The van der Waals surface area contributed by atoms with Crippen molar-refractivity contribution >= 4 is 52.4 Å². The first-order valence-corrected chi connectivity index (χ1v) is 8.67. The highest BCUT2D eigenvalue weighted by Gasteiger charge is 2.17. The molecular formula is C17H11Cl3N4O3. The number of nitrogens with zero attached hydrogens (tertiary/aromatic N) is 3. The molecule has 3 rings (SSSR count). The number of H-pyrrole nitrogens is 1. The monoisotopic (exact) mass is 424 g/mol. The molecule has 0 aliphatic heterocycles. The zero-order valence-corrected chi connectivity index (χ0v) is 16.0. The van der Waals surface area contributed by atoms with Crippen molar-refractivity contribution < 1.29 is 4.92 Å². The second-order valence-electron chi connectivity index (χ2n) is 5.51. The van der Waals surface area contributed by atoms with Gasteiger partial charge in [-0.15, -0.1) is 0 Å². The van der Waals surface area contributed by atoms with Gasteiger partial charge in [-0.05, 0) is 25.1 Å². The van der Waals surface area contributed by atoms with E-state index in [1.54, 1.807) is 13.0 Å². The van der Waals surface area contributed by atoms with Crippen LogP contribution in [-0.2, 0) is 0 Å². The number of nitro benzene ring substituents is 1. The Hall–Kier alpha value is -2.61. The van der Waals surface area contributed by atoms with E-state index in [1.165, 1.54) is 41.2 Å². The number of para-hydroxylation sites is 2. The van der Waals surface area contributed by atoms with Crippen LogP contribution in [0.15, 0.2) is 46.2 Å². The van der Waals surface area contributed by atoms with E-state index in [2.05, 4.69) is 10.1 Å². The highest BCUT2D eigenvalue weighted by atomic mass is 35.5. The number of halogens is 3. The van der Waals surface area contributed by atoms with Gasteiger partial charge in [0.15, 0.2) is 0 Å². The zero-order valence-electron chi connectivity index (χ0n) is 13.7. The van der Waals surface area contributed by atoms with Gasteiger partial charge >= 0.3 is 0 Å².